The Hall–Kier alpha value is -2.25. The van der Waals surface area contributed by atoms with E-state index in [-0.39, 0.29) is 10.8 Å². The first-order valence-corrected chi connectivity index (χ1v) is 9.48. The second-order valence-corrected chi connectivity index (χ2v) is 8.51. The van der Waals surface area contributed by atoms with Gasteiger partial charge in [0.2, 0.25) is 15.9 Å². The number of hydrogen-bond donors (Lipinski definition) is 1. The van der Waals surface area contributed by atoms with Crippen LogP contribution in [0, 0.1) is 0 Å². The van der Waals surface area contributed by atoms with Crippen LogP contribution in [0.25, 0.3) is 0 Å². The number of fused-ring (bicyclic) bond motifs is 1. The van der Waals surface area contributed by atoms with E-state index >= 15 is 0 Å². The molecule has 6 nitrogen and oxygen atoms in total. The van der Waals surface area contributed by atoms with Crippen LogP contribution >= 0.6 is 0 Å². The van der Waals surface area contributed by atoms with Crippen LogP contribution in [0.2, 0.25) is 0 Å². The van der Waals surface area contributed by atoms with Gasteiger partial charge >= 0.3 is 0 Å². The molecular weight excluding hydrogens is 338 g/mol. The van der Waals surface area contributed by atoms with E-state index in [2.05, 4.69) is 9.71 Å². The number of hydrogen-bond acceptors (Lipinski definition) is 4. The number of aromatic nitrogens is 1. The Balaban J connectivity index is 1.95. The van der Waals surface area contributed by atoms with Crippen molar-refractivity contribution in [3.8, 4) is 0 Å². The molecule has 1 aromatic heterocycles. The van der Waals surface area contributed by atoms with E-state index in [0.29, 0.717) is 0 Å². The lowest BCUT2D eigenvalue weighted by atomic mass is 9.86. The van der Waals surface area contributed by atoms with E-state index in [1.807, 2.05) is 0 Å². The van der Waals surface area contributed by atoms with Crippen LogP contribution in [-0.2, 0) is 20.2 Å². The zero-order chi connectivity index (χ0) is 18.4. The van der Waals surface area contributed by atoms with E-state index < -0.39 is 21.5 Å². The molecule has 3 rings (SSSR count). The predicted molar refractivity (Wildman–Crippen MR) is 95.9 cm³/mol. The van der Waals surface area contributed by atoms with Crippen molar-refractivity contribution in [2.24, 2.45) is 0 Å². The summed E-state index contributed by atoms with van der Waals surface area (Å²) in [6.07, 6.45) is 3.25. The van der Waals surface area contributed by atoms with Gasteiger partial charge in [-0.3, -0.25) is 9.78 Å². The van der Waals surface area contributed by atoms with Crippen molar-refractivity contribution in [1.82, 2.24) is 9.71 Å². The first kappa shape index (κ1) is 17.6. The summed E-state index contributed by atoms with van der Waals surface area (Å²) < 4.78 is 28.2. The predicted octanol–water partition coefficient (Wildman–Crippen LogP) is 2.38. The van der Waals surface area contributed by atoms with E-state index in [1.54, 1.807) is 69.4 Å². The molecular formula is C18H21N3O3S. The molecule has 132 valence electrons. The highest BCUT2D eigenvalue weighted by Crippen LogP contribution is 2.41. The van der Waals surface area contributed by atoms with Crippen molar-refractivity contribution in [2.75, 3.05) is 11.9 Å². The van der Waals surface area contributed by atoms with E-state index in [9.17, 15) is 13.2 Å². The molecule has 1 amide bonds. The molecule has 0 saturated heterocycles. The van der Waals surface area contributed by atoms with Gasteiger partial charge in [0, 0.05) is 31.2 Å². The number of amides is 1. The third kappa shape index (κ3) is 2.94. The maximum absolute atomic E-state index is 12.8. The summed E-state index contributed by atoms with van der Waals surface area (Å²) in [6.45, 7) is 5.39. The first-order valence-electron chi connectivity index (χ1n) is 7.99. The van der Waals surface area contributed by atoms with Gasteiger partial charge in [-0.15, -0.1) is 0 Å². The Kier molecular flexibility index (Phi) is 4.17. The number of nitrogens with one attached hydrogen (secondary N) is 1. The summed E-state index contributed by atoms with van der Waals surface area (Å²) in [5.74, 6) is -0.0461. The molecule has 0 bridgehead atoms. The summed E-state index contributed by atoms with van der Waals surface area (Å²) in [5, 5.41) is 0. The average Bonchev–Trinajstić information content (AvgIpc) is 2.76. The van der Waals surface area contributed by atoms with Crippen LogP contribution in [0.1, 0.15) is 37.9 Å². The van der Waals surface area contributed by atoms with Crippen LogP contribution in [0.4, 0.5) is 5.69 Å². The van der Waals surface area contributed by atoms with Crippen LogP contribution in [0.3, 0.4) is 0 Å². The number of likely N-dealkylation sites (N-methyl/N-ethyl adjacent to an activating group) is 1. The molecule has 0 fully saturated rings. The Morgan fingerprint density at radius 1 is 1.16 bits per heavy atom. The summed E-state index contributed by atoms with van der Waals surface area (Å²) in [4.78, 5) is 18.0. The largest absolute Gasteiger partial charge is 0.314 e. The lowest BCUT2D eigenvalue weighted by Crippen LogP contribution is -2.33. The van der Waals surface area contributed by atoms with Crippen LogP contribution in [0.15, 0.2) is 47.6 Å². The monoisotopic (exact) mass is 359 g/mol. The molecule has 0 radical (unpaired) electrons. The van der Waals surface area contributed by atoms with Gasteiger partial charge in [-0.25, -0.2) is 13.1 Å². The van der Waals surface area contributed by atoms with Crippen molar-refractivity contribution in [1.29, 1.82) is 0 Å². The normalized spacial score (nSPS) is 17.4. The quantitative estimate of drug-likeness (QED) is 0.909. The molecule has 0 unspecified atom stereocenters. The van der Waals surface area contributed by atoms with Gasteiger partial charge in [0.1, 0.15) is 0 Å². The van der Waals surface area contributed by atoms with E-state index in [0.717, 1.165) is 16.8 Å². The molecule has 2 heterocycles. The van der Waals surface area contributed by atoms with Gasteiger partial charge < -0.3 is 4.90 Å². The number of pyridine rings is 1. The van der Waals surface area contributed by atoms with Crippen LogP contribution in [-0.4, -0.2) is 26.4 Å². The maximum atomic E-state index is 12.8. The second kappa shape index (κ2) is 5.93. The summed E-state index contributed by atoms with van der Waals surface area (Å²) in [5.41, 5.74) is 1.55. The van der Waals surface area contributed by atoms with Crippen molar-refractivity contribution >= 4 is 21.6 Å². The minimum absolute atomic E-state index is 0.0461. The SMILES string of the molecule is C[C@H](NS(=O)(=O)c1ccc2c(c1)C(C)(C)C(=O)N2C)c1ccncc1. The third-order valence-corrected chi connectivity index (χ3v) is 6.23. The van der Waals surface area contributed by atoms with E-state index in [4.69, 9.17) is 0 Å². The molecule has 7 heteroatoms. The summed E-state index contributed by atoms with van der Waals surface area (Å²) in [6, 6.07) is 7.97. The molecule has 1 atom stereocenters. The molecule has 1 aliphatic rings. The number of sulfonamides is 1. The average molecular weight is 359 g/mol. The fraction of sp³-hybridized carbons (Fsp3) is 0.333. The highest BCUT2D eigenvalue weighted by atomic mass is 32.2. The molecule has 0 spiro atoms. The first-order chi connectivity index (χ1) is 11.6. The standard InChI is InChI=1S/C18H21N3O3S/c1-12(13-7-9-19-10-8-13)20-25(23,24)14-5-6-16-15(11-14)18(2,3)17(22)21(16)4/h5-12,20H,1-4H3/t12-/m0/s1. The van der Waals surface area contributed by atoms with Crippen molar-refractivity contribution in [3.63, 3.8) is 0 Å². The summed E-state index contributed by atoms with van der Waals surface area (Å²) >= 11 is 0. The highest BCUT2D eigenvalue weighted by molar-refractivity contribution is 7.89. The topological polar surface area (TPSA) is 79.4 Å². The number of benzene rings is 1. The van der Waals surface area contributed by atoms with Gasteiger partial charge in [-0.05, 0) is 62.2 Å². The second-order valence-electron chi connectivity index (χ2n) is 6.79. The van der Waals surface area contributed by atoms with Crippen molar-refractivity contribution in [3.05, 3.63) is 53.9 Å². The Labute approximate surface area is 147 Å². The van der Waals surface area contributed by atoms with Crippen LogP contribution in [0.5, 0.6) is 0 Å². The van der Waals surface area contributed by atoms with Gasteiger partial charge in [0.05, 0.1) is 10.3 Å². The minimum Gasteiger partial charge on any atom is -0.314 e. The molecule has 1 aromatic carbocycles. The maximum Gasteiger partial charge on any atom is 0.241 e. The van der Waals surface area contributed by atoms with Crippen LogP contribution < -0.4 is 9.62 Å². The number of carbonyl (C=O) groups excluding carboxylic acids is 1. The van der Waals surface area contributed by atoms with Gasteiger partial charge in [-0.2, -0.15) is 0 Å². The molecule has 0 aliphatic carbocycles. The van der Waals surface area contributed by atoms with Gasteiger partial charge in [-0.1, -0.05) is 0 Å². The number of carbonyl (C=O) groups is 1. The lowest BCUT2D eigenvalue weighted by Gasteiger charge is -2.18. The Bertz CT molecular complexity index is 924. The lowest BCUT2D eigenvalue weighted by molar-refractivity contribution is -0.121. The van der Waals surface area contributed by atoms with Crippen molar-refractivity contribution < 1.29 is 13.2 Å². The minimum atomic E-state index is -3.71. The molecule has 25 heavy (non-hydrogen) atoms. The van der Waals surface area contributed by atoms with Crippen molar-refractivity contribution in [2.45, 2.75) is 37.1 Å². The smallest absolute Gasteiger partial charge is 0.241 e. The molecule has 1 N–H and O–H groups in total. The van der Waals surface area contributed by atoms with Gasteiger partial charge in [0.15, 0.2) is 0 Å². The zero-order valence-corrected chi connectivity index (χ0v) is 15.5. The van der Waals surface area contributed by atoms with E-state index in [1.165, 1.54) is 6.07 Å². The number of nitrogens with zero attached hydrogens (tertiary/aromatic N) is 2. The third-order valence-electron chi connectivity index (χ3n) is 4.69. The number of anilines is 1. The van der Waals surface area contributed by atoms with Gasteiger partial charge in [0.25, 0.3) is 0 Å². The molecule has 1 aliphatic heterocycles. The molecule has 0 saturated carbocycles. The fourth-order valence-corrected chi connectivity index (χ4v) is 4.40. The Morgan fingerprint density at radius 3 is 2.44 bits per heavy atom. The fourth-order valence-electron chi connectivity index (χ4n) is 3.14. The Morgan fingerprint density at radius 2 is 1.80 bits per heavy atom. The zero-order valence-electron chi connectivity index (χ0n) is 14.6. The molecule has 2 aromatic rings. The summed E-state index contributed by atoms with van der Waals surface area (Å²) in [7, 11) is -2.01. The highest BCUT2D eigenvalue weighted by Gasteiger charge is 2.42. The number of rotatable bonds is 4.